The van der Waals surface area contributed by atoms with Gasteiger partial charge in [-0.25, -0.2) is 9.37 Å². The van der Waals surface area contributed by atoms with Gasteiger partial charge in [-0.3, -0.25) is 10.1 Å². The predicted octanol–water partition coefficient (Wildman–Crippen LogP) is 4.34. The fraction of sp³-hybridized carbons (Fsp3) is 0. The first-order valence-corrected chi connectivity index (χ1v) is 6.07. The Hall–Kier alpha value is -1.73. The van der Waals surface area contributed by atoms with E-state index in [1.54, 1.807) is 0 Å². The Morgan fingerprint density at radius 1 is 1.42 bits per heavy atom. The SMILES string of the molecule is O=[N+]([O-])c1cc(F)ccc1Oc1ncc(Cl)cc1Br. The van der Waals surface area contributed by atoms with Gasteiger partial charge < -0.3 is 4.74 Å². The number of benzene rings is 1. The highest BCUT2D eigenvalue weighted by Gasteiger charge is 2.18. The van der Waals surface area contributed by atoms with Crippen molar-refractivity contribution in [1.82, 2.24) is 4.98 Å². The number of nitro benzene ring substituents is 1. The molecule has 98 valence electrons. The molecule has 0 spiro atoms. The number of halogens is 3. The number of nitrogens with zero attached hydrogens (tertiary/aromatic N) is 2. The highest BCUT2D eigenvalue weighted by atomic mass is 79.9. The first-order valence-electron chi connectivity index (χ1n) is 4.90. The second-order valence-corrected chi connectivity index (χ2v) is 4.70. The van der Waals surface area contributed by atoms with Crippen molar-refractivity contribution >= 4 is 33.2 Å². The normalized spacial score (nSPS) is 10.3. The standard InChI is InChI=1S/C11H5BrClFN2O3/c12-8-3-6(13)5-15-11(8)19-10-2-1-7(14)4-9(10)16(17)18/h1-5H. The lowest BCUT2D eigenvalue weighted by molar-refractivity contribution is -0.385. The van der Waals surface area contributed by atoms with Crippen LogP contribution in [0.2, 0.25) is 5.02 Å². The van der Waals surface area contributed by atoms with Gasteiger partial charge in [0.2, 0.25) is 11.6 Å². The van der Waals surface area contributed by atoms with Crippen LogP contribution in [0, 0.1) is 15.9 Å². The second-order valence-electron chi connectivity index (χ2n) is 3.41. The minimum Gasteiger partial charge on any atom is -0.431 e. The molecule has 0 saturated carbocycles. The lowest BCUT2D eigenvalue weighted by atomic mass is 10.3. The smallest absolute Gasteiger partial charge is 0.314 e. The Bertz CT molecular complexity index is 654. The number of rotatable bonds is 3. The summed E-state index contributed by atoms with van der Waals surface area (Å²) in [6.45, 7) is 0. The van der Waals surface area contributed by atoms with E-state index in [-0.39, 0.29) is 11.6 Å². The van der Waals surface area contributed by atoms with E-state index in [1.165, 1.54) is 12.3 Å². The molecule has 2 rings (SSSR count). The maximum atomic E-state index is 13.0. The highest BCUT2D eigenvalue weighted by molar-refractivity contribution is 9.10. The molecular weight excluding hydrogens is 342 g/mol. The van der Waals surface area contributed by atoms with Gasteiger partial charge in [0.25, 0.3) is 0 Å². The molecular formula is C11H5BrClFN2O3. The van der Waals surface area contributed by atoms with Crippen LogP contribution in [0.1, 0.15) is 0 Å². The number of hydrogen-bond acceptors (Lipinski definition) is 4. The van der Waals surface area contributed by atoms with Gasteiger partial charge in [-0.05, 0) is 34.1 Å². The van der Waals surface area contributed by atoms with Crippen LogP contribution in [-0.2, 0) is 0 Å². The molecule has 2 aromatic rings. The molecule has 1 aromatic heterocycles. The van der Waals surface area contributed by atoms with E-state index in [0.717, 1.165) is 18.2 Å². The van der Waals surface area contributed by atoms with Crippen molar-refractivity contribution in [1.29, 1.82) is 0 Å². The summed E-state index contributed by atoms with van der Waals surface area (Å²) >= 11 is 8.88. The minimum absolute atomic E-state index is 0.0964. The summed E-state index contributed by atoms with van der Waals surface area (Å²) in [5.74, 6) is -0.733. The van der Waals surface area contributed by atoms with Crippen molar-refractivity contribution in [2.75, 3.05) is 0 Å². The van der Waals surface area contributed by atoms with Gasteiger partial charge in [0.1, 0.15) is 5.82 Å². The van der Waals surface area contributed by atoms with E-state index in [4.69, 9.17) is 16.3 Å². The van der Waals surface area contributed by atoms with Gasteiger partial charge in [0.05, 0.1) is 20.5 Å². The Balaban J connectivity index is 2.40. The van der Waals surface area contributed by atoms with Gasteiger partial charge >= 0.3 is 5.69 Å². The molecule has 0 radical (unpaired) electrons. The number of aromatic nitrogens is 1. The van der Waals surface area contributed by atoms with Crippen LogP contribution < -0.4 is 4.74 Å². The Morgan fingerprint density at radius 3 is 2.79 bits per heavy atom. The molecule has 0 aliphatic carbocycles. The molecule has 1 aromatic carbocycles. The molecule has 0 N–H and O–H groups in total. The van der Waals surface area contributed by atoms with Crippen molar-refractivity contribution in [2.24, 2.45) is 0 Å². The summed E-state index contributed by atoms with van der Waals surface area (Å²) in [4.78, 5) is 14.0. The number of nitro groups is 1. The largest absolute Gasteiger partial charge is 0.431 e. The van der Waals surface area contributed by atoms with Crippen molar-refractivity contribution in [2.45, 2.75) is 0 Å². The molecule has 8 heteroatoms. The maximum Gasteiger partial charge on any atom is 0.314 e. The number of hydrogen-bond donors (Lipinski definition) is 0. The van der Waals surface area contributed by atoms with Crippen molar-refractivity contribution in [3.8, 4) is 11.6 Å². The zero-order chi connectivity index (χ0) is 14.0. The van der Waals surface area contributed by atoms with Crippen LogP contribution >= 0.6 is 27.5 Å². The quantitative estimate of drug-likeness (QED) is 0.612. The average Bonchev–Trinajstić information content (AvgIpc) is 2.34. The molecule has 19 heavy (non-hydrogen) atoms. The van der Waals surface area contributed by atoms with Crippen LogP contribution in [0.4, 0.5) is 10.1 Å². The van der Waals surface area contributed by atoms with Crippen LogP contribution in [-0.4, -0.2) is 9.91 Å². The summed E-state index contributed by atoms with van der Waals surface area (Å²) < 4.78 is 18.7. The molecule has 0 aliphatic rings. The average molecular weight is 348 g/mol. The van der Waals surface area contributed by atoms with E-state index in [2.05, 4.69) is 20.9 Å². The molecule has 0 fully saturated rings. The van der Waals surface area contributed by atoms with Crippen LogP contribution in [0.5, 0.6) is 11.6 Å². The summed E-state index contributed by atoms with van der Waals surface area (Å²) in [6, 6.07) is 4.53. The zero-order valence-electron chi connectivity index (χ0n) is 9.14. The van der Waals surface area contributed by atoms with Crippen molar-refractivity contribution in [3.05, 3.63) is 55.9 Å². The van der Waals surface area contributed by atoms with E-state index in [0.29, 0.717) is 9.50 Å². The summed E-state index contributed by atoms with van der Waals surface area (Å²) in [6.07, 6.45) is 1.33. The van der Waals surface area contributed by atoms with Gasteiger partial charge in [-0.15, -0.1) is 0 Å². The monoisotopic (exact) mass is 346 g/mol. The van der Waals surface area contributed by atoms with Crippen LogP contribution in [0.25, 0.3) is 0 Å². The lowest BCUT2D eigenvalue weighted by Gasteiger charge is -2.07. The third-order valence-electron chi connectivity index (χ3n) is 2.10. The highest BCUT2D eigenvalue weighted by Crippen LogP contribution is 2.34. The Labute approximate surface area is 120 Å². The van der Waals surface area contributed by atoms with Gasteiger partial charge in [-0.1, -0.05) is 11.6 Å². The van der Waals surface area contributed by atoms with Crippen LogP contribution in [0.3, 0.4) is 0 Å². The van der Waals surface area contributed by atoms with E-state index in [9.17, 15) is 14.5 Å². The van der Waals surface area contributed by atoms with Gasteiger partial charge in [-0.2, -0.15) is 0 Å². The third-order valence-corrected chi connectivity index (χ3v) is 2.87. The fourth-order valence-corrected chi connectivity index (χ4v) is 2.02. The number of ether oxygens (including phenoxy) is 1. The molecule has 0 atom stereocenters. The third kappa shape index (κ3) is 3.18. The zero-order valence-corrected chi connectivity index (χ0v) is 11.5. The van der Waals surface area contributed by atoms with Crippen molar-refractivity contribution < 1.29 is 14.1 Å². The fourth-order valence-electron chi connectivity index (χ4n) is 1.30. The first kappa shape index (κ1) is 13.7. The van der Waals surface area contributed by atoms with Gasteiger partial charge in [0.15, 0.2) is 0 Å². The summed E-state index contributed by atoms with van der Waals surface area (Å²) in [5, 5.41) is 11.2. The topological polar surface area (TPSA) is 65.3 Å². The molecule has 0 unspecified atom stereocenters. The van der Waals surface area contributed by atoms with Gasteiger partial charge in [0, 0.05) is 6.20 Å². The van der Waals surface area contributed by atoms with Crippen LogP contribution in [0.15, 0.2) is 34.9 Å². The number of pyridine rings is 1. The van der Waals surface area contributed by atoms with Crippen molar-refractivity contribution in [3.63, 3.8) is 0 Å². The molecule has 0 bridgehead atoms. The summed E-state index contributed by atoms with van der Waals surface area (Å²) in [5.41, 5.74) is -0.483. The molecule has 0 saturated heterocycles. The Morgan fingerprint density at radius 2 is 2.16 bits per heavy atom. The summed E-state index contributed by atoms with van der Waals surface area (Å²) in [7, 11) is 0. The minimum atomic E-state index is -0.734. The lowest BCUT2D eigenvalue weighted by Crippen LogP contribution is -1.96. The second kappa shape index (κ2) is 5.50. The predicted molar refractivity (Wildman–Crippen MR) is 70.1 cm³/mol. The molecule has 5 nitrogen and oxygen atoms in total. The molecule has 1 heterocycles. The van der Waals surface area contributed by atoms with E-state index in [1.807, 2.05) is 0 Å². The molecule has 0 amide bonds. The van der Waals surface area contributed by atoms with E-state index < -0.39 is 16.4 Å². The molecule has 0 aliphatic heterocycles. The van der Waals surface area contributed by atoms with E-state index >= 15 is 0 Å². The Kier molecular flexibility index (Phi) is 3.96. The maximum absolute atomic E-state index is 13.0. The first-order chi connectivity index (χ1) is 8.97.